The molecule has 0 unspecified atom stereocenters. The van der Waals surface area contributed by atoms with E-state index in [4.69, 9.17) is 37.9 Å². The predicted octanol–water partition coefficient (Wildman–Crippen LogP) is 10.7. The van der Waals surface area contributed by atoms with Gasteiger partial charge in [0, 0.05) is 72.9 Å². The molecule has 0 bridgehead atoms. The molecule has 0 radical (unpaired) electrons. The second-order valence-electron chi connectivity index (χ2n) is 20.4. The van der Waals surface area contributed by atoms with E-state index in [0.717, 1.165) is 79.6 Å². The zero-order valence-electron chi connectivity index (χ0n) is 44.0. The van der Waals surface area contributed by atoms with Crippen LogP contribution in [0.25, 0.3) is 22.3 Å². The lowest BCUT2D eigenvalue weighted by molar-refractivity contribution is -0.158. The number of ether oxygens (including phenoxy) is 8. The summed E-state index contributed by atoms with van der Waals surface area (Å²) in [6, 6.07) is 12.0. The van der Waals surface area contributed by atoms with Crippen LogP contribution in [0.15, 0.2) is 36.4 Å². The second kappa shape index (κ2) is 28.1. The molecule has 380 valence electrons. The van der Waals surface area contributed by atoms with E-state index in [1.807, 2.05) is 98.7 Å². The van der Waals surface area contributed by atoms with Crippen molar-refractivity contribution in [2.75, 3.05) is 59.3 Å². The van der Waals surface area contributed by atoms with Crippen LogP contribution in [0, 0.1) is 20.8 Å². The van der Waals surface area contributed by atoms with E-state index in [0.29, 0.717) is 78.9 Å². The molecule has 0 atom stereocenters. The molecule has 2 N–H and O–H groups in total. The number of benzene rings is 3. The SMILES string of the molecule is CCCCOCCCNCc1cc(C)cc(-c2cc(C)cc(-c3cc(C)cc(CNCCCOCCCC)c3OCC(=O)OC(C)(C)C)c2OCC(=O)OC(C)(C)C)c1OCC(=O)OC(C)(C)C. The van der Waals surface area contributed by atoms with Crippen molar-refractivity contribution in [2.24, 2.45) is 0 Å². The Hall–Kier alpha value is -4.69. The number of carbonyl (C=O) groups is 3. The van der Waals surface area contributed by atoms with Gasteiger partial charge in [0.25, 0.3) is 0 Å². The molecule has 0 saturated heterocycles. The molecule has 0 aliphatic rings. The molecule has 3 aromatic carbocycles. The van der Waals surface area contributed by atoms with Crippen LogP contribution in [-0.2, 0) is 51.2 Å². The zero-order valence-corrected chi connectivity index (χ0v) is 44.0. The molecule has 0 aromatic heterocycles. The van der Waals surface area contributed by atoms with Crippen LogP contribution in [0.5, 0.6) is 17.2 Å². The smallest absolute Gasteiger partial charge is 0.344 e. The van der Waals surface area contributed by atoms with Gasteiger partial charge >= 0.3 is 17.9 Å². The van der Waals surface area contributed by atoms with Gasteiger partial charge in [-0.3, -0.25) is 0 Å². The first kappa shape index (κ1) is 57.6. The van der Waals surface area contributed by atoms with E-state index in [9.17, 15) is 14.4 Å². The monoisotopic (exact) mass is 949 g/mol. The topological polar surface area (TPSA) is 149 Å². The van der Waals surface area contributed by atoms with E-state index >= 15 is 0 Å². The van der Waals surface area contributed by atoms with Gasteiger partial charge in [0.1, 0.15) is 34.1 Å². The summed E-state index contributed by atoms with van der Waals surface area (Å²) >= 11 is 0. The van der Waals surface area contributed by atoms with E-state index in [1.54, 1.807) is 20.8 Å². The highest BCUT2D eigenvalue weighted by molar-refractivity contribution is 5.89. The molecule has 0 spiro atoms. The Morgan fingerprint density at radius 1 is 0.441 bits per heavy atom. The molecule has 3 aromatic rings. The van der Waals surface area contributed by atoms with Crippen molar-refractivity contribution in [1.82, 2.24) is 10.6 Å². The minimum atomic E-state index is -0.759. The van der Waals surface area contributed by atoms with E-state index in [-0.39, 0.29) is 13.2 Å². The lowest BCUT2D eigenvalue weighted by Crippen LogP contribution is -2.28. The van der Waals surface area contributed by atoms with E-state index in [1.165, 1.54) is 0 Å². The fraction of sp³-hybridized carbons (Fsp3) is 0.618. The summed E-state index contributed by atoms with van der Waals surface area (Å²) in [5.74, 6) is -0.320. The van der Waals surface area contributed by atoms with Crippen LogP contribution in [-0.4, -0.2) is 94.0 Å². The maximum atomic E-state index is 13.5. The third kappa shape index (κ3) is 21.7. The Balaban J connectivity index is 2.31. The van der Waals surface area contributed by atoms with Gasteiger partial charge in [0.15, 0.2) is 19.8 Å². The molecular formula is C55H84N2O11. The minimum Gasteiger partial charge on any atom is -0.481 e. The highest BCUT2D eigenvalue weighted by atomic mass is 16.6. The number of aryl methyl sites for hydroxylation is 3. The fourth-order valence-corrected chi connectivity index (χ4v) is 7.28. The molecule has 13 heteroatoms. The summed E-state index contributed by atoms with van der Waals surface area (Å²) in [5.41, 5.74) is 4.68. The number of carbonyl (C=O) groups excluding carboxylic acids is 3. The Morgan fingerprint density at radius 3 is 1.06 bits per heavy atom. The summed E-state index contributed by atoms with van der Waals surface area (Å²) in [4.78, 5) is 40.0. The number of esters is 3. The molecule has 0 heterocycles. The van der Waals surface area contributed by atoms with Gasteiger partial charge in [-0.05, 0) is 163 Å². The molecule has 13 nitrogen and oxygen atoms in total. The van der Waals surface area contributed by atoms with Gasteiger partial charge in [0.2, 0.25) is 0 Å². The third-order valence-electron chi connectivity index (χ3n) is 9.90. The van der Waals surface area contributed by atoms with Crippen molar-refractivity contribution in [3.05, 3.63) is 64.2 Å². The minimum absolute atomic E-state index is 0.347. The first-order valence-electron chi connectivity index (χ1n) is 24.5. The lowest BCUT2D eigenvalue weighted by atomic mass is 9.90. The lowest BCUT2D eigenvalue weighted by Gasteiger charge is -2.25. The molecule has 0 amide bonds. The van der Waals surface area contributed by atoms with E-state index < -0.39 is 41.3 Å². The second-order valence-corrected chi connectivity index (χ2v) is 20.4. The Morgan fingerprint density at radius 2 is 0.735 bits per heavy atom. The quantitative estimate of drug-likeness (QED) is 0.0387. The summed E-state index contributed by atoms with van der Waals surface area (Å²) in [6.07, 6.45) is 5.86. The standard InChI is InChI=1S/C55H84N2O11/c1-15-17-23-61-25-19-21-56-33-41-27-38(3)29-43(50(41)63-35-47(58)66-53(6,7)8)45-31-40(5)32-46(52(45)65-37-49(60)68-55(12,13)14)44-30-39(4)28-42(34-57-22-20-26-62-24-18-16-2)51(44)64-36-48(59)67-54(9,10)11/h27-32,56-57H,15-26,33-37H2,1-14H3. The molecule has 0 aliphatic heterocycles. The predicted molar refractivity (Wildman–Crippen MR) is 270 cm³/mol. The average molecular weight is 949 g/mol. The first-order chi connectivity index (χ1) is 32.0. The Bertz CT molecular complexity index is 1930. The first-order valence-corrected chi connectivity index (χ1v) is 24.5. The number of rotatable bonds is 29. The average Bonchev–Trinajstić information content (AvgIpc) is 3.21. The third-order valence-corrected chi connectivity index (χ3v) is 9.90. The van der Waals surface area contributed by atoms with Gasteiger partial charge in [-0.1, -0.05) is 38.8 Å². The summed E-state index contributed by atoms with van der Waals surface area (Å²) in [5, 5.41) is 7.09. The summed E-state index contributed by atoms with van der Waals surface area (Å²) < 4.78 is 48.4. The van der Waals surface area contributed by atoms with Gasteiger partial charge in [-0.15, -0.1) is 0 Å². The maximum absolute atomic E-state index is 13.5. The molecule has 68 heavy (non-hydrogen) atoms. The van der Waals surface area contributed by atoms with Crippen molar-refractivity contribution in [1.29, 1.82) is 0 Å². The molecular weight excluding hydrogens is 865 g/mol. The van der Waals surface area contributed by atoms with Crippen molar-refractivity contribution in [3.63, 3.8) is 0 Å². The van der Waals surface area contributed by atoms with Crippen molar-refractivity contribution in [3.8, 4) is 39.5 Å². The highest BCUT2D eigenvalue weighted by Gasteiger charge is 2.27. The zero-order chi connectivity index (χ0) is 50.5. The Kier molecular flexibility index (Phi) is 23.8. The van der Waals surface area contributed by atoms with Crippen LogP contribution >= 0.6 is 0 Å². The van der Waals surface area contributed by atoms with Crippen molar-refractivity contribution in [2.45, 2.75) is 165 Å². The molecule has 0 fully saturated rings. The summed E-state index contributed by atoms with van der Waals surface area (Å²) in [6.45, 7) is 30.5. The van der Waals surface area contributed by atoms with Crippen LogP contribution in [0.3, 0.4) is 0 Å². The van der Waals surface area contributed by atoms with E-state index in [2.05, 4.69) is 24.5 Å². The number of unbranched alkanes of at least 4 members (excludes halogenated alkanes) is 2. The van der Waals surface area contributed by atoms with Crippen LogP contribution < -0.4 is 24.8 Å². The fourth-order valence-electron chi connectivity index (χ4n) is 7.28. The largest absolute Gasteiger partial charge is 0.481 e. The van der Waals surface area contributed by atoms with Crippen LogP contribution in [0.4, 0.5) is 0 Å². The van der Waals surface area contributed by atoms with Crippen LogP contribution in [0.1, 0.15) is 143 Å². The number of hydrogen-bond donors (Lipinski definition) is 2. The Labute approximate surface area is 408 Å². The summed E-state index contributed by atoms with van der Waals surface area (Å²) in [7, 11) is 0. The van der Waals surface area contributed by atoms with Crippen LogP contribution in [0.2, 0.25) is 0 Å². The number of nitrogens with one attached hydrogen (secondary N) is 2. The normalized spacial score (nSPS) is 11.9. The van der Waals surface area contributed by atoms with Gasteiger partial charge < -0.3 is 48.5 Å². The van der Waals surface area contributed by atoms with Gasteiger partial charge in [0.05, 0.1) is 0 Å². The molecule has 0 aliphatic carbocycles. The van der Waals surface area contributed by atoms with Crippen molar-refractivity contribution >= 4 is 17.9 Å². The number of hydrogen-bond acceptors (Lipinski definition) is 13. The highest BCUT2D eigenvalue weighted by Crippen LogP contribution is 2.48. The van der Waals surface area contributed by atoms with Gasteiger partial charge in [-0.25, -0.2) is 14.4 Å². The van der Waals surface area contributed by atoms with Crippen molar-refractivity contribution < 1.29 is 52.3 Å². The molecule has 3 rings (SSSR count). The maximum Gasteiger partial charge on any atom is 0.344 e. The van der Waals surface area contributed by atoms with Gasteiger partial charge in [-0.2, -0.15) is 0 Å². The molecule has 0 saturated carbocycles.